The molecular weight excluding hydrogens is 600 g/mol. The first-order valence-corrected chi connectivity index (χ1v) is 16.6. The highest BCUT2D eigenvalue weighted by molar-refractivity contribution is 7.98. The molecule has 8 nitrogen and oxygen atoms in total. The number of hydrogen-bond donors (Lipinski definition) is 0. The molecule has 1 spiro atoms. The van der Waals surface area contributed by atoms with Crippen LogP contribution in [0, 0.1) is 23.5 Å². The second-order valence-electron chi connectivity index (χ2n) is 13.2. The second kappa shape index (κ2) is 10.4. The number of ether oxygens (including phenoxy) is 2. The number of fused-ring (bicyclic) bond motifs is 6. The van der Waals surface area contributed by atoms with Crippen molar-refractivity contribution in [1.82, 2.24) is 9.58 Å². The third-order valence-corrected chi connectivity index (χ3v) is 11.2. The molecule has 0 aliphatic carbocycles. The average Bonchev–Trinajstić information content (AvgIpc) is 3.54. The third-order valence-electron chi connectivity index (χ3n) is 10.1. The van der Waals surface area contributed by atoms with E-state index in [2.05, 4.69) is 0 Å². The first kappa shape index (κ1) is 28.8. The van der Waals surface area contributed by atoms with E-state index in [4.69, 9.17) is 9.47 Å². The lowest BCUT2D eigenvalue weighted by atomic mass is 9.71. The van der Waals surface area contributed by atoms with E-state index < -0.39 is 46.7 Å². The molecule has 0 unspecified atom stereocenters. The van der Waals surface area contributed by atoms with Gasteiger partial charge in [0.1, 0.15) is 6.17 Å². The number of hydrogen-bond acceptors (Lipinski definition) is 7. The van der Waals surface area contributed by atoms with Crippen molar-refractivity contribution in [3.63, 3.8) is 0 Å². The summed E-state index contributed by atoms with van der Waals surface area (Å²) in [5.74, 6) is -2.99. The molecule has 5 aliphatic rings. The highest BCUT2D eigenvalue weighted by Gasteiger charge is 2.63. The molecule has 0 radical (unpaired) electrons. The van der Waals surface area contributed by atoms with Gasteiger partial charge in [0.2, 0.25) is 11.2 Å². The maximum absolute atomic E-state index is 15.6. The number of pyridine rings is 1. The van der Waals surface area contributed by atoms with Gasteiger partial charge in [-0.3, -0.25) is 24.1 Å². The van der Waals surface area contributed by atoms with Crippen molar-refractivity contribution in [3.05, 3.63) is 92.9 Å². The van der Waals surface area contributed by atoms with Crippen molar-refractivity contribution < 1.29 is 27.8 Å². The summed E-state index contributed by atoms with van der Waals surface area (Å²) in [6.45, 7) is 4.11. The van der Waals surface area contributed by atoms with Crippen LogP contribution in [0.25, 0.3) is 0 Å². The van der Waals surface area contributed by atoms with Crippen molar-refractivity contribution in [1.29, 1.82) is 0 Å². The summed E-state index contributed by atoms with van der Waals surface area (Å²) in [6, 6.07) is 11.2. The van der Waals surface area contributed by atoms with Crippen molar-refractivity contribution in [2.24, 2.45) is 11.8 Å². The van der Waals surface area contributed by atoms with E-state index in [1.165, 1.54) is 17.8 Å². The summed E-state index contributed by atoms with van der Waals surface area (Å²) in [5, 5.41) is 2.03. The minimum Gasteiger partial charge on any atom is -0.420 e. The highest BCUT2D eigenvalue weighted by atomic mass is 32.2. The quantitative estimate of drug-likeness (QED) is 0.350. The average molecular weight is 634 g/mol. The van der Waals surface area contributed by atoms with Crippen LogP contribution in [0.3, 0.4) is 0 Å². The number of carbonyl (C=O) groups is 2. The summed E-state index contributed by atoms with van der Waals surface area (Å²) in [4.78, 5) is 43.4. The Bertz CT molecular complexity index is 1810. The number of halogens is 2. The van der Waals surface area contributed by atoms with Crippen molar-refractivity contribution in [2.75, 3.05) is 11.6 Å². The summed E-state index contributed by atoms with van der Waals surface area (Å²) in [5.41, 5.74) is 0.677. The Hall–Kier alpha value is -3.70. The van der Waals surface area contributed by atoms with Gasteiger partial charge in [0.15, 0.2) is 17.3 Å². The van der Waals surface area contributed by atoms with Gasteiger partial charge in [-0.25, -0.2) is 8.78 Å². The Labute approximate surface area is 263 Å². The van der Waals surface area contributed by atoms with E-state index in [9.17, 15) is 18.8 Å². The maximum atomic E-state index is 15.6. The van der Waals surface area contributed by atoms with Gasteiger partial charge >= 0.3 is 5.97 Å². The summed E-state index contributed by atoms with van der Waals surface area (Å²) in [7, 11) is 0. The number of carbonyl (C=O) groups excluding carboxylic acids is 2. The first-order chi connectivity index (χ1) is 21.7. The number of aromatic nitrogens is 1. The molecule has 45 heavy (non-hydrogen) atoms. The molecule has 2 aromatic carbocycles. The largest absolute Gasteiger partial charge is 0.420 e. The summed E-state index contributed by atoms with van der Waals surface area (Å²) in [6.07, 6.45) is 4.44. The number of nitrogens with zero attached hydrogens (tertiary/aromatic N) is 3. The zero-order valence-electron chi connectivity index (χ0n) is 25.0. The van der Waals surface area contributed by atoms with Crippen molar-refractivity contribution in [2.45, 2.75) is 80.5 Å². The number of amides is 1. The van der Waals surface area contributed by atoms with Crippen LogP contribution in [0.4, 0.5) is 8.78 Å². The Kier molecular flexibility index (Phi) is 6.66. The molecule has 3 fully saturated rings. The molecule has 1 aromatic heterocycles. The zero-order chi connectivity index (χ0) is 31.2. The predicted molar refractivity (Wildman–Crippen MR) is 163 cm³/mol. The maximum Gasteiger partial charge on any atom is 0.311 e. The minimum atomic E-state index is -0.920. The smallest absolute Gasteiger partial charge is 0.311 e. The van der Waals surface area contributed by atoms with Crippen LogP contribution < -0.4 is 15.2 Å². The van der Waals surface area contributed by atoms with Gasteiger partial charge in [0, 0.05) is 47.4 Å². The van der Waals surface area contributed by atoms with Crippen LogP contribution in [0.2, 0.25) is 0 Å². The summed E-state index contributed by atoms with van der Waals surface area (Å²) < 4.78 is 44.3. The third kappa shape index (κ3) is 4.30. The number of piperidine rings is 1. The van der Waals surface area contributed by atoms with Crippen LogP contribution >= 0.6 is 11.8 Å². The molecule has 11 heteroatoms. The Balaban J connectivity index is 1.40. The van der Waals surface area contributed by atoms with Crippen LogP contribution in [-0.2, 0) is 15.3 Å². The molecule has 1 amide bonds. The lowest BCUT2D eigenvalue weighted by Gasteiger charge is -2.57. The fourth-order valence-corrected chi connectivity index (χ4v) is 9.35. The standard InChI is InChI=1S/C34H33F2N3O5S/c1-18(2)15-27(41)43-31-25(40)10-13-38-30(31)33(42)37-14-12-34-11-9-19(44-34)16-23(34)32(37)39(38)29-20-7-8-24(35)28(36)22(20)17-45-26-6-4-3-5-21(26)29/h3-8,10,13,18-19,23,29,32H,9,11-12,14-17H2,1-2H3/t19-,23+,29-,32+,34-/m0/s1. The van der Waals surface area contributed by atoms with Gasteiger partial charge in [0.25, 0.3) is 5.91 Å². The van der Waals surface area contributed by atoms with Gasteiger partial charge < -0.3 is 14.4 Å². The summed E-state index contributed by atoms with van der Waals surface area (Å²) >= 11 is 1.44. The number of rotatable bonds is 4. The van der Waals surface area contributed by atoms with Crippen LogP contribution in [0.15, 0.2) is 58.4 Å². The van der Waals surface area contributed by atoms with Crippen LogP contribution in [-0.4, -0.2) is 45.9 Å². The number of esters is 1. The van der Waals surface area contributed by atoms with E-state index >= 15 is 4.39 Å². The molecular formula is C34H33F2N3O5S. The predicted octanol–water partition coefficient (Wildman–Crippen LogP) is 5.53. The molecule has 8 rings (SSSR count). The van der Waals surface area contributed by atoms with Crippen molar-refractivity contribution >= 4 is 23.6 Å². The molecule has 234 valence electrons. The van der Waals surface area contributed by atoms with E-state index in [1.807, 2.05) is 43.1 Å². The second-order valence-corrected chi connectivity index (χ2v) is 14.2. The van der Waals surface area contributed by atoms with Crippen LogP contribution in [0.1, 0.15) is 79.2 Å². The fraction of sp³-hybridized carbons (Fsp3) is 0.441. The Morgan fingerprint density at radius 2 is 1.93 bits per heavy atom. The highest BCUT2D eigenvalue weighted by Crippen LogP contribution is 2.57. The Morgan fingerprint density at radius 1 is 1.11 bits per heavy atom. The SMILES string of the molecule is CC(C)CC(=O)Oc1c2n(ccc1=O)N([C@@H]1c3ccccc3SCc3c1ccc(F)c3F)[C@@H]1[C@H]3C[C@@H]4CC[C@@]3(CCN1C2=O)O4. The van der Waals surface area contributed by atoms with Gasteiger partial charge in [-0.05, 0) is 54.9 Å². The molecule has 0 saturated carbocycles. The molecule has 5 atom stereocenters. The molecule has 5 aliphatic heterocycles. The lowest BCUT2D eigenvalue weighted by Crippen LogP contribution is -2.70. The monoisotopic (exact) mass is 633 g/mol. The van der Waals surface area contributed by atoms with Gasteiger partial charge in [-0.2, -0.15) is 0 Å². The number of benzene rings is 2. The molecule has 3 aromatic rings. The van der Waals surface area contributed by atoms with Gasteiger partial charge in [0.05, 0.1) is 17.7 Å². The zero-order valence-corrected chi connectivity index (χ0v) is 25.8. The molecule has 2 bridgehead atoms. The lowest BCUT2D eigenvalue weighted by molar-refractivity contribution is -0.135. The van der Waals surface area contributed by atoms with Gasteiger partial charge in [-0.1, -0.05) is 38.1 Å². The molecule has 0 N–H and O–H groups in total. The molecule has 6 heterocycles. The van der Waals surface area contributed by atoms with Gasteiger partial charge in [-0.15, -0.1) is 11.8 Å². The minimum absolute atomic E-state index is 0.0146. The van der Waals surface area contributed by atoms with E-state index in [1.54, 1.807) is 21.8 Å². The van der Waals surface area contributed by atoms with E-state index in [0.717, 1.165) is 35.8 Å². The Morgan fingerprint density at radius 3 is 2.73 bits per heavy atom. The van der Waals surface area contributed by atoms with Crippen LogP contribution in [0.5, 0.6) is 5.75 Å². The first-order valence-electron chi connectivity index (χ1n) is 15.6. The fourth-order valence-electron chi connectivity index (χ4n) is 8.24. The van der Waals surface area contributed by atoms with E-state index in [-0.39, 0.29) is 47.1 Å². The van der Waals surface area contributed by atoms with E-state index in [0.29, 0.717) is 18.5 Å². The molecule has 3 saturated heterocycles. The van der Waals surface area contributed by atoms with Crippen molar-refractivity contribution in [3.8, 4) is 5.75 Å². The number of thioether (sulfide) groups is 1. The topological polar surface area (TPSA) is 81.1 Å². The normalized spacial score (nSPS) is 27.8.